The Hall–Kier alpha value is -3.60. The zero-order chi connectivity index (χ0) is 19.1. The minimum Gasteiger partial charge on any atom is -0.465 e. The van der Waals surface area contributed by atoms with E-state index in [0.717, 1.165) is 11.1 Å². The summed E-state index contributed by atoms with van der Waals surface area (Å²) in [5.41, 5.74) is 2.61. The van der Waals surface area contributed by atoms with Crippen molar-refractivity contribution in [1.29, 1.82) is 0 Å². The Morgan fingerprint density at radius 3 is 2.37 bits per heavy atom. The number of hydrogen-bond donors (Lipinski definition) is 2. The van der Waals surface area contributed by atoms with Gasteiger partial charge in [0, 0.05) is 18.2 Å². The lowest BCUT2D eigenvalue weighted by Crippen LogP contribution is -2.34. The van der Waals surface area contributed by atoms with E-state index in [2.05, 4.69) is 10.6 Å². The van der Waals surface area contributed by atoms with E-state index in [4.69, 9.17) is 4.42 Å². The second-order valence-corrected chi connectivity index (χ2v) is 6.06. The quantitative estimate of drug-likeness (QED) is 0.659. The molecule has 1 heterocycles. The lowest BCUT2D eigenvalue weighted by atomic mass is 10.1. The van der Waals surface area contributed by atoms with Gasteiger partial charge in [-0.15, -0.1) is 0 Å². The van der Waals surface area contributed by atoms with E-state index in [1.165, 1.54) is 12.3 Å². The summed E-state index contributed by atoms with van der Waals surface area (Å²) in [6.45, 7) is 2.30. The zero-order valence-electron chi connectivity index (χ0n) is 14.9. The van der Waals surface area contributed by atoms with Crippen molar-refractivity contribution in [3.05, 3.63) is 101 Å². The third-order valence-electron chi connectivity index (χ3n) is 3.93. The number of amides is 2. The van der Waals surface area contributed by atoms with Gasteiger partial charge in [0.2, 0.25) is 0 Å². The molecule has 0 aliphatic rings. The van der Waals surface area contributed by atoms with E-state index in [1.807, 2.05) is 49.4 Å². The van der Waals surface area contributed by atoms with Crippen LogP contribution in [0.3, 0.4) is 0 Å². The lowest BCUT2D eigenvalue weighted by Gasteiger charge is -2.11. The average molecular weight is 360 g/mol. The molecular formula is C22H20N2O3. The van der Waals surface area contributed by atoms with Crippen molar-refractivity contribution < 1.29 is 14.0 Å². The number of rotatable bonds is 6. The highest BCUT2D eigenvalue weighted by molar-refractivity contribution is 6.05. The first-order valence-corrected chi connectivity index (χ1v) is 8.57. The van der Waals surface area contributed by atoms with Gasteiger partial charge in [-0.2, -0.15) is 0 Å². The molecule has 0 atom stereocenters. The predicted molar refractivity (Wildman–Crippen MR) is 104 cm³/mol. The van der Waals surface area contributed by atoms with Gasteiger partial charge in [0.25, 0.3) is 11.8 Å². The maximum absolute atomic E-state index is 12.6. The van der Waals surface area contributed by atoms with Crippen LogP contribution in [0.4, 0.5) is 0 Å². The standard InChI is InChI=1S/C22H20N2O3/c1-16-9-11-18(12-10-16)21(25)24-20(14-19-8-5-13-27-19)22(26)23-15-17-6-3-2-4-7-17/h2-14H,15H2,1H3,(H,23,26)(H,24,25)/b20-14+. The molecule has 1 aromatic heterocycles. The number of furan rings is 1. The second-order valence-electron chi connectivity index (χ2n) is 6.06. The highest BCUT2D eigenvalue weighted by atomic mass is 16.3. The first kappa shape index (κ1) is 18.2. The Bertz CT molecular complexity index is 927. The fourth-order valence-electron chi connectivity index (χ4n) is 2.45. The molecule has 0 unspecified atom stereocenters. The van der Waals surface area contributed by atoms with E-state index in [0.29, 0.717) is 17.9 Å². The fourth-order valence-corrected chi connectivity index (χ4v) is 2.45. The van der Waals surface area contributed by atoms with Crippen LogP contribution in [0, 0.1) is 6.92 Å². The van der Waals surface area contributed by atoms with Crippen LogP contribution in [0.1, 0.15) is 27.2 Å². The second kappa shape index (κ2) is 8.67. The number of aryl methyl sites for hydroxylation is 1. The SMILES string of the molecule is Cc1ccc(C(=O)N/C(=C/c2ccco2)C(=O)NCc2ccccc2)cc1. The highest BCUT2D eigenvalue weighted by Crippen LogP contribution is 2.09. The molecule has 0 fully saturated rings. The van der Waals surface area contributed by atoms with Gasteiger partial charge < -0.3 is 15.1 Å². The zero-order valence-corrected chi connectivity index (χ0v) is 14.9. The van der Waals surface area contributed by atoms with Crippen LogP contribution in [-0.2, 0) is 11.3 Å². The molecule has 2 N–H and O–H groups in total. The van der Waals surface area contributed by atoms with E-state index in [-0.39, 0.29) is 11.6 Å². The Morgan fingerprint density at radius 2 is 1.70 bits per heavy atom. The third kappa shape index (κ3) is 5.19. The highest BCUT2D eigenvalue weighted by Gasteiger charge is 2.15. The first-order valence-electron chi connectivity index (χ1n) is 8.57. The molecule has 0 saturated heterocycles. The Kier molecular flexibility index (Phi) is 5.84. The van der Waals surface area contributed by atoms with Gasteiger partial charge in [-0.1, -0.05) is 48.0 Å². The fraction of sp³-hybridized carbons (Fsp3) is 0.0909. The van der Waals surface area contributed by atoms with Gasteiger partial charge in [0.05, 0.1) is 6.26 Å². The average Bonchev–Trinajstić information content (AvgIpc) is 3.20. The van der Waals surface area contributed by atoms with Gasteiger partial charge in [0.1, 0.15) is 11.5 Å². The predicted octanol–water partition coefficient (Wildman–Crippen LogP) is 3.68. The summed E-state index contributed by atoms with van der Waals surface area (Å²) in [6, 6.07) is 20.1. The topological polar surface area (TPSA) is 71.3 Å². The molecule has 0 spiro atoms. The van der Waals surface area contributed by atoms with Gasteiger partial charge in [0.15, 0.2) is 0 Å². The van der Waals surface area contributed by atoms with E-state index < -0.39 is 5.91 Å². The largest absolute Gasteiger partial charge is 0.465 e. The van der Waals surface area contributed by atoms with Crippen LogP contribution < -0.4 is 10.6 Å². The minimum absolute atomic E-state index is 0.117. The molecule has 136 valence electrons. The third-order valence-corrected chi connectivity index (χ3v) is 3.93. The van der Waals surface area contributed by atoms with Gasteiger partial charge in [-0.25, -0.2) is 0 Å². The summed E-state index contributed by atoms with van der Waals surface area (Å²) in [6.07, 6.45) is 3.01. The van der Waals surface area contributed by atoms with Gasteiger partial charge in [-0.3, -0.25) is 9.59 Å². The maximum atomic E-state index is 12.6. The first-order chi connectivity index (χ1) is 13.1. The van der Waals surface area contributed by atoms with Crippen LogP contribution >= 0.6 is 0 Å². The van der Waals surface area contributed by atoms with Crippen molar-refractivity contribution in [1.82, 2.24) is 10.6 Å². The molecular weight excluding hydrogens is 340 g/mol. The molecule has 0 aliphatic heterocycles. The van der Waals surface area contributed by atoms with E-state index in [1.54, 1.807) is 24.3 Å². The summed E-state index contributed by atoms with van der Waals surface area (Å²) in [5, 5.41) is 5.49. The summed E-state index contributed by atoms with van der Waals surface area (Å²) in [5.74, 6) is -0.276. The maximum Gasteiger partial charge on any atom is 0.268 e. The van der Waals surface area contributed by atoms with Crippen LogP contribution in [-0.4, -0.2) is 11.8 Å². The van der Waals surface area contributed by atoms with Crippen molar-refractivity contribution in [2.45, 2.75) is 13.5 Å². The molecule has 3 aromatic rings. The minimum atomic E-state index is -0.393. The van der Waals surface area contributed by atoms with Crippen LogP contribution in [0.5, 0.6) is 0 Å². The monoisotopic (exact) mass is 360 g/mol. The smallest absolute Gasteiger partial charge is 0.268 e. The molecule has 0 bridgehead atoms. The summed E-state index contributed by atoms with van der Waals surface area (Å²) < 4.78 is 5.27. The molecule has 2 amide bonds. The summed E-state index contributed by atoms with van der Waals surface area (Å²) >= 11 is 0. The number of benzene rings is 2. The Balaban J connectivity index is 1.75. The van der Waals surface area contributed by atoms with Gasteiger partial charge in [-0.05, 0) is 36.8 Å². The van der Waals surface area contributed by atoms with Gasteiger partial charge >= 0.3 is 0 Å². The molecule has 5 nitrogen and oxygen atoms in total. The number of carbonyl (C=O) groups is 2. The number of hydrogen-bond acceptors (Lipinski definition) is 3. The molecule has 0 saturated carbocycles. The molecule has 3 rings (SSSR count). The van der Waals surface area contributed by atoms with E-state index >= 15 is 0 Å². The van der Waals surface area contributed by atoms with Crippen molar-refractivity contribution in [3.63, 3.8) is 0 Å². The van der Waals surface area contributed by atoms with Crippen LogP contribution in [0.25, 0.3) is 6.08 Å². The van der Waals surface area contributed by atoms with Crippen molar-refractivity contribution in [2.75, 3.05) is 0 Å². The number of carbonyl (C=O) groups excluding carboxylic acids is 2. The molecule has 2 aromatic carbocycles. The summed E-state index contributed by atoms with van der Waals surface area (Å²) in [4.78, 5) is 25.1. The lowest BCUT2D eigenvalue weighted by molar-refractivity contribution is -0.117. The number of nitrogens with one attached hydrogen (secondary N) is 2. The van der Waals surface area contributed by atoms with Crippen molar-refractivity contribution in [3.8, 4) is 0 Å². The van der Waals surface area contributed by atoms with Crippen molar-refractivity contribution >= 4 is 17.9 Å². The molecule has 27 heavy (non-hydrogen) atoms. The van der Waals surface area contributed by atoms with E-state index in [9.17, 15) is 9.59 Å². The Labute approximate surface area is 157 Å². The summed E-state index contributed by atoms with van der Waals surface area (Å²) in [7, 11) is 0. The molecule has 0 radical (unpaired) electrons. The van der Waals surface area contributed by atoms with Crippen LogP contribution in [0.2, 0.25) is 0 Å². The Morgan fingerprint density at radius 1 is 0.963 bits per heavy atom. The molecule has 5 heteroatoms. The van der Waals surface area contributed by atoms with Crippen molar-refractivity contribution in [2.24, 2.45) is 0 Å². The van der Waals surface area contributed by atoms with Crippen LogP contribution in [0.15, 0.2) is 83.1 Å². The molecule has 0 aliphatic carbocycles. The normalized spacial score (nSPS) is 11.1.